The molecule has 0 bridgehead atoms. The number of carboxylic acids is 3. The van der Waals surface area contributed by atoms with Crippen LogP contribution in [0.3, 0.4) is 0 Å². The summed E-state index contributed by atoms with van der Waals surface area (Å²) in [4.78, 5) is 251. The molecule has 45 heteroatoms. The largest absolute Gasteiger partial charge is 0.481 e. The molecule has 572 valence electrons. The molecule has 0 radical (unpaired) electrons. The van der Waals surface area contributed by atoms with Gasteiger partial charge in [0, 0.05) is 45.3 Å². The van der Waals surface area contributed by atoms with Gasteiger partial charge in [0.25, 0.3) is 0 Å². The van der Waals surface area contributed by atoms with Crippen LogP contribution in [0.15, 0.2) is 4.99 Å². The Morgan fingerprint density at radius 1 is 0.441 bits per heavy atom. The first-order chi connectivity index (χ1) is 47.7. The molecule has 0 unspecified atom stereocenters. The lowest BCUT2D eigenvalue weighted by atomic mass is 10.0. The van der Waals surface area contributed by atoms with Gasteiger partial charge >= 0.3 is 24.0 Å². The lowest BCUT2D eigenvalue weighted by molar-refractivity contribution is -0.146. The van der Waals surface area contributed by atoms with E-state index < -0.39 is 268 Å². The Morgan fingerprint density at radius 2 is 0.833 bits per heavy atom. The van der Waals surface area contributed by atoms with Gasteiger partial charge in [-0.05, 0) is 76.5 Å². The van der Waals surface area contributed by atoms with Crippen LogP contribution in [-0.4, -0.2) is 259 Å². The summed E-state index contributed by atoms with van der Waals surface area (Å²) in [5.41, 5.74) is 37.9. The number of carbonyl (C=O) groups excluding carboxylic acids is 15. The zero-order chi connectivity index (χ0) is 77.7. The second kappa shape index (κ2) is 45.5. The number of aliphatic hydroxyl groups is 2. The third kappa shape index (κ3) is 34.1. The smallest absolute Gasteiger partial charge is 0.404 e. The zero-order valence-electron chi connectivity index (χ0n) is 55.9. The number of guanidine groups is 1. The Balaban J connectivity index is 3.63. The van der Waals surface area contributed by atoms with E-state index in [9.17, 15) is 117 Å². The summed E-state index contributed by atoms with van der Waals surface area (Å²) in [6, 6.07) is -21.6. The minimum Gasteiger partial charge on any atom is -0.481 e. The topological polar surface area (TPSA) is 776 Å². The van der Waals surface area contributed by atoms with E-state index in [1.807, 2.05) is 5.32 Å². The Hall–Kier alpha value is -11.1. The number of nitrogens with two attached hydrogens (primary N) is 7. The monoisotopic (exact) mass is 1460 g/mol. The van der Waals surface area contributed by atoms with Crippen LogP contribution in [0, 0.1) is 5.92 Å². The fraction of sp³-hybridized carbons (Fsp3) is 0.649. The van der Waals surface area contributed by atoms with Crippen molar-refractivity contribution in [3.63, 3.8) is 0 Å². The van der Waals surface area contributed by atoms with Gasteiger partial charge in [0.1, 0.15) is 66.5 Å². The van der Waals surface area contributed by atoms with E-state index in [-0.39, 0.29) is 71.0 Å². The quantitative estimate of drug-likeness (QED) is 0.0153. The molecule has 1 rings (SSSR count). The first kappa shape index (κ1) is 88.9. The number of nitrogens with one attached hydrogen (secondary N) is 11. The minimum atomic E-state index is -2.27. The molecule has 0 spiro atoms. The van der Waals surface area contributed by atoms with Crippen molar-refractivity contribution in [1.82, 2.24) is 63.4 Å². The number of aliphatic hydroxyl groups excluding tert-OH is 2. The third-order valence-corrected chi connectivity index (χ3v) is 15.1. The van der Waals surface area contributed by atoms with Gasteiger partial charge < -0.3 is 134 Å². The molecule has 0 aromatic heterocycles. The van der Waals surface area contributed by atoms with E-state index in [4.69, 9.17) is 45.2 Å². The van der Waals surface area contributed by atoms with E-state index in [0.717, 1.165) is 4.90 Å². The van der Waals surface area contributed by atoms with Crippen LogP contribution >= 0.6 is 0 Å². The van der Waals surface area contributed by atoms with Crippen molar-refractivity contribution in [2.24, 2.45) is 51.0 Å². The number of likely N-dealkylation sites (tertiary alicyclic amines) is 1. The Labute approximate surface area is 581 Å². The molecule has 12 atom stereocenters. The number of aliphatic carboxylic acids is 3. The fourth-order valence-electron chi connectivity index (χ4n) is 9.68. The second-order valence-electron chi connectivity index (χ2n) is 23.7. The van der Waals surface area contributed by atoms with Gasteiger partial charge in [0.15, 0.2) is 5.96 Å². The van der Waals surface area contributed by atoms with E-state index in [0.29, 0.717) is 0 Å². The molecule has 1 saturated heterocycles. The average molecular weight is 1460 g/mol. The van der Waals surface area contributed by atoms with Crippen LogP contribution < -0.4 is 98.6 Å². The Morgan fingerprint density at radius 3 is 1.24 bits per heavy atom. The number of primary amides is 4. The van der Waals surface area contributed by atoms with Crippen molar-refractivity contribution < 1.29 is 122 Å². The lowest BCUT2D eigenvalue weighted by Gasteiger charge is -2.30. The predicted molar refractivity (Wildman–Crippen MR) is 347 cm³/mol. The SMILES string of the molecule is CC(C)[C@H](NC(=O)[C@@H]1CCCN1C(=O)[C@H](CC(N)=O)NC(=O)[C@H](CCC(=O)O)NC(=O)[C@H](CC(=O)O)NC(=O)[C@H](CCC(N)=O)NC(=O)[C@H](CO)NC(=O)[C@H](CCCN=C(N)N)NC(=O)[C@H](CCC(N)=O)NC(=O)[C@H](CO)NC(=O)[C@H](CCCCNC(=O)O)NC(=O)[C@@H](N)CCC(N)=O)C(=O)O. The Bertz CT molecular complexity index is 3060. The number of carbonyl (C=O) groups is 19. The van der Waals surface area contributed by atoms with Crippen LogP contribution in [0.4, 0.5) is 4.79 Å². The van der Waals surface area contributed by atoms with Gasteiger partial charge in [0.2, 0.25) is 88.6 Å². The van der Waals surface area contributed by atoms with Gasteiger partial charge in [0.05, 0.1) is 32.1 Å². The number of hydrogen-bond donors (Lipinski definition) is 24. The molecule has 0 saturated carbocycles. The highest BCUT2D eigenvalue weighted by Gasteiger charge is 2.42. The highest BCUT2D eigenvalue weighted by molar-refractivity contribution is 6.01. The number of carboxylic acid groups (broad SMARTS) is 4. The van der Waals surface area contributed by atoms with Gasteiger partial charge in [-0.2, -0.15) is 0 Å². The molecule has 0 aliphatic carbocycles. The van der Waals surface area contributed by atoms with Gasteiger partial charge in [-0.3, -0.25) is 86.5 Å². The van der Waals surface area contributed by atoms with Gasteiger partial charge in [-0.15, -0.1) is 0 Å². The molecule has 0 aromatic rings. The van der Waals surface area contributed by atoms with Crippen LogP contribution in [0.5, 0.6) is 0 Å². The molecule has 1 fully saturated rings. The standard InChI is InChI=1S/C57H94N20O25/c1-25(2)43(55(99)100)76-53(97)36-9-6-20-77(36)54(98)33(21-40(62)83)73-49(93)31(13-17-41(84)85)69-50(94)32(22-42(86)87)72-48(92)30(12-16-39(61)82)71-52(96)35(24-79)75-46(90)28(8-5-19-65-56(63)64)68-47(91)29(11-15-38(60)81)70-51(95)34(23-78)74-45(89)27(7-3-4-18-66-57(101)102)67-44(88)26(58)10-14-37(59)80/h25-36,43,66,78-79H,3-24,58H2,1-2H3,(H2,59,80)(H2,60,81)(H2,61,82)(H2,62,83)(H,67,88)(H,68,91)(H,69,94)(H,70,95)(H,71,96)(H,72,92)(H,73,93)(H,74,89)(H,75,90)(H,76,97)(H,84,85)(H,86,87)(H,99,100)(H,101,102)(H4,63,64,65)/t26-,27-,28-,29-,30-,31-,32-,33-,34-,35-,36-,43-/m0/s1. The zero-order valence-corrected chi connectivity index (χ0v) is 55.9. The van der Waals surface area contributed by atoms with E-state index >= 15 is 0 Å². The first-order valence-corrected chi connectivity index (χ1v) is 31.9. The van der Waals surface area contributed by atoms with Gasteiger partial charge in [-0.1, -0.05) is 13.8 Å². The first-order valence-electron chi connectivity index (χ1n) is 31.9. The summed E-state index contributed by atoms with van der Waals surface area (Å²) in [5.74, 6) is -23.8. The number of amides is 16. The maximum atomic E-state index is 14.1. The number of nitrogens with zero attached hydrogens (tertiary/aromatic N) is 2. The number of hydrogen-bond acceptors (Lipinski definition) is 23. The fourth-order valence-corrected chi connectivity index (χ4v) is 9.68. The summed E-state index contributed by atoms with van der Waals surface area (Å²) in [6.45, 7) is 0.0323. The molecule has 0 aromatic carbocycles. The predicted octanol–water partition coefficient (Wildman–Crippen LogP) is -11.6. The van der Waals surface area contributed by atoms with Crippen molar-refractivity contribution >= 4 is 119 Å². The number of unbranched alkanes of at least 4 members (excludes halogenated alkanes) is 1. The van der Waals surface area contributed by atoms with Crippen LogP contribution in [0.25, 0.3) is 0 Å². The van der Waals surface area contributed by atoms with Gasteiger partial charge in [-0.25, -0.2) is 9.59 Å². The Kier molecular flexibility index (Phi) is 39.7. The lowest BCUT2D eigenvalue weighted by Crippen LogP contribution is -2.61. The van der Waals surface area contributed by atoms with Crippen molar-refractivity contribution in [2.45, 2.75) is 196 Å². The van der Waals surface area contributed by atoms with Crippen molar-refractivity contribution in [3.8, 4) is 0 Å². The molecule has 31 N–H and O–H groups in total. The summed E-state index contributed by atoms with van der Waals surface area (Å²) in [6.07, 6.45) is -9.17. The molecule has 1 aliphatic heterocycles. The number of rotatable bonds is 50. The van der Waals surface area contributed by atoms with Crippen molar-refractivity contribution in [2.75, 3.05) is 32.8 Å². The highest BCUT2D eigenvalue weighted by atomic mass is 16.4. The van der Waals surface area contributed by atoms with Crippen LogP contribution in [0.1, 0.15) is 123 Å². The van der Waals surface area contributed by atoms with E-state index in [2.05, 4.69) is 58.2 Å². The van der Waals surface area contributed by atoms with E-state index in [1.165, 1.54) is 13.8 Å². The summed E-state index contributed by atoms with van der Waals surface area (Å²) in [5, 5.41) is 82.7. The minimum absolute atomic E-state index is 0.00108. The van der Waals surface area contributed by atoms with E-state index in [1.54, 1.807) is 0 Å². The summed E-state index contributed by atoms with van der Waals surface area (Å²) in [7, 11) is 0. The van der Waals surface area contributed by atoms with Crippen LogP contribution in [-0.2, 0) is 86.3 Å². The molecule has 16 amide bonds. The maximum Gasteiger partial charge on any atom is 0.404 e. The molecule has 1 aliphatic rings. The maximum absolute atomic E-state index is 14.1. The van der Waals surface area contributed by atoms with Crippen molar-refractivity contribution in [3.05, 3.63) is 0 Å². The normalized spacial score (nSPS) is 15.6. The van der Waals surface area contributed by atoms with Crippen molar-refractivity contribution in [1.29, 1.82) is 0 Å². The second-order valence-corrected chi connectivity index (χ2v) is 23.7. The number of aliphatic imine (C=N–C) groups is 1. The van der Waals surface area contributed by atoms with Crippen LogP contribution in [0.2, 0.25) is 0 Å². The average Bonchev–Trinajstić information content (AvgIpc) is 1.62. The third-order valence-electron chi connectivity index (χ3n) is 15.1. The molecule has 45 nitrogen and oxygen atoms in total. The summed E-state index contributed by atoms with van der Waals surface area (Å²) >= 11 is 0. The summed E-state index contributed by atoms with van der Waals surface area (Å²) < 4.78 is 0. The highest BCUT2D eigenvalue weighted by Crippen LogP contribution is 2.21. The molecule has 102 heavy (non-hydrogen) atoms. The molecular formula is C57H94N20O25. The molecular weight excluding hydrogens is 1360 g/mol. The molecule has 1 heterocycles.